The second-order valence-electron chi connectivity index (χ2n) is 11.3. The summed E-state index contributed by atoms with van der Waals surface area (Å²) in [5.41, 5.74) is 2.90. The molecule has 9 heteroatoms. The molecule has 3 aromatic carbocycles. The third kappa shape index (κ3) is 8.25. The molecule has 0 aliphatic carbocycles. The van der Waals surface area contributed by atoms with Crippen LogP contribution in [0.2, 0.25) is 18.1 Å². The molecular formula is C32H38O7SSi. The van der Waals surface area contributed by atoms with Crippen LogP contribution in [0.25, 0.3) is 11.1 Å². The highest BCUT2D eigenvalue weighted by Gasteiger charge is 2.37. The van der Waals surface area contributed by atoms with E-state index in [9.17, 15) is 18.0 Å². The normalized spacial score (nSPS) is 12.9. The van der Waals surface area contributed by atoms with E-state index in [2.05, 4.69) is 33.9 Å². The molecule has 0 spiro atoms. The second kappa shape index (κ2) is 13.0. The van der Waals surface area contributed by atoms with Crippen LogP contribution >= 0.6 is 0 Å². The summed E-state index contributed by atoms with van der Waals surface area (Å²) in [6.45, 7) is 11.0. The van der Waals surface area contributed by atoms with E-state index in [1.807, 2.05) is 12.1 Å². The molecule has 3 rings (SSSR count). The van der Waals surface area contributed by atoms with Crippen molar-refractivity contribution in [3.63, 3.8) is 0 Å². The highest BCUT2D eigenvalue weighted by atomic mass is 32.2. The van der Waals surface area contributed by atoms with E-state index in [1.54, 1.807) is 54.6 Å². The Kier molecular flexibility index (Phi) is 10.1. The molecule has 0 N–H and O–H groups in total. The first-order valence-electron chi connectivity index (χ1n) is 13.2. The Labute approximate surface area is 244 Å². The molecule has 0 unspecified atom stereocenters. The fourth-order valence-corrected chi connectivity index (χ4v) is 5.41. The first kappa shape index (κ1) is 32.0. The number of ether oxygens (including phenoxy) is 2. The lowest BCUT2D eigenvalue weighted by Crippen LogP contribution is -2.40. The van der Waals surface area contributed by atoms with E-state index < -0.39 is 30.1 Å². The highest BCUT2D eigenvalue weighted by Crippen LogP contribution is 2.37. The van der Waals surface area contributed by atoms with Crippen molar-refractivity contribution in [2.75, 3.05) is 20.0 Å². The van der Waals surface area contributed by atoms with Crippen molar-refractivity contribution in [2.24, 2.45) is 0 Å². The average Bonchev–Trinajstić information content (AvgIpc) is 2.93. The Morgan fingerprint density at radius 1 is 0.829 bits per heavy atom. The van der Waals surface area contributed by atoms with Crippen LogP contribution in [0, 0.1) is 0 Å². The maximum absolute atomic E-state index is 13.2. The third-order valence-electron chi connectivity index (χ3n) is 7.30. The third-order valence-corrected chi connectivity index (χ3v) is 12.9. The molecule has 0 heterocycles. The lowest BCUT2D eigenvalue weighted by Gasteiger charge is -2.36. The minimum atomic E-state index is -3.43. The number of hydrogen-bond acceptors (Lipinski definition) is 7. The van der Waals surface area contributed by atoms with E-state index in [0.29, 0.717) is 28.9 Å². The summed E-state index contributed by atoms with van der Waals surface area (Å²) < 4.78 is 41.2. The molecular weight excluding hydrogens is 556 g/mol. The Balaban J connectivity index is 1.95. The van der Waals surface area contributed by atoms with Crippen LogP contribution < -0.4 is 0 Å². The van der Waals surface area contributed by atoms with Crippen molar-refractivity contribution in [3.05, 3.63) is 101 Å². The van der Waals surface area contributed by atoms with Crippen molar-refractivity contribution in [1.29, 1.82) is 0 Å². The minimum absolute atomic E-state index is 0.0574. The van der Waals surface area contributed by atoms with Gasteiger partial charge in [-0.3, -0.25) is 0 Å². The summed E-state index contributed by atoms with van der Waals surface area (Å²) in [7, 11) is -4.13. The fraction of sp³-hybridized carbons (Fsp3) is 0.312. The molecule has 7 nitrogen and oxygen atoms in total. The molecule has 3 aromatic rings. The van der Waals surface area contributed by atoms with Crippen molar-refractivity contribution in [3.8, 4) is 0 Å². The topological polar surface area (TPSA) is 96.0 Å². The van der Waals surface area contributed by atoms with Gasteiger partial charge in [-0.25, -0.2) is 18.0 Å². The van der Waals surface area contributed by atoms with Crippen LogP contribution in [0.15, 0.2) is 83.8 Å². The summed E-state index contributed by atoms with van der Waals surface area (Å²) in [6.07, 6.45) is 1.12. The van der Waals surface area contributed by atoms with Gasteiger partial charge in [-0.1, -0.05) is 75.4 Å². The van der Waals surface area contributed by atoms with Crippen LogP contribution in [0.5, 0.6) is 0 Å². The smallest absolute Gasteiger partial charge is 0.338 e. The largest absolute Gasteiger partial charge is 0.465 e. The van der Waals surface area contributed by atoms with Crippen LogP contribution in [0.3, 0.4) is 0 Å². The second-order valence-corrected chi connectivity index (χ2v) is 18.2. The average molecular weight is 595 g/mol. The first-order valence-corrected chi connectivity index (χ1v) is 18.0. The van der Waals surface area contributed by atoms with Gasteiger partial charge < -0.3 is 13.9 Å². The molecule has 218 valence electrons. The number of benzene rings is 3. The molecule has 0 aliphatic rings. The summed E-state index contributed by atoms with van der Waals surface area (Å²) in [5, 5.41) is 0.0574. The van der Waals surface area contributed by atoms with Crippen LogP contribution in [0.1, 0.15) is 47.8 Å². The highest BCUT2D eigenvalue weighted by molar-refractivity contribution is 7.90. The number of carbonyl (C=O) groups excluding carboxylic acids is 2. The van der Waals surface area contributed by atoms with Crippen molar-refractivity contribution in [2.45, 2.75) is 50.4 Å². The van der Waals surface area contributed by atoms with Gasteiger partial charge in [-0.15, -0.1) is 0 Å². The molecule has 0 amide bonds. The number of hydrogen-bond donors (Lipinski definition) is 0. The maximum atomic E-state index is 13.2. The van der Waals surface area contributed by atoms with Crippen LogP contribution in [-0.4, -0.2) is 48.6 Å². The number of esters is 2. The molecule has 0 aliphatic heterocycles. The van der Waals surface area contributed by atoms with E-state index in [-0.39, 0.29) is 22.1 Å². The molecule has 0 saturated carbocycles. The molecule has 0 saturated heterocycles. The zero-order valence-corrected chi connectivity index (χ0v) is 26.5. The van der Waals surface area contributed by atoms with Crippen molar-refractivity contribution >= 4 is 41.2 Å². The predicted octanol–water partition coefficient (Wildman–Crippen LogP) is 6.55. The van der Waals surface area contributed by atoms with Crippen LogP contribution in [0.4, 0.5) is 0 Å². The Morgan fingerprint density at radius 2 is 1.44 bits per heavy atom. The van der Waals surface area contributed by atoms with E-state index in [1.165, 1.54) is 19.2 Å². The van der Waals surface area contributed by atoms with E-state index >= 15 is 0 Å². The van der Waals surface area contributed by atoms with Gasteiger partial charge in [-0.2, -0.15) is 0 Å². The quantitative estimate of drug-likeness (QED) is 0.114. The predicted molar refractivity (Wildman–Crippen MR) is 164 cm³/mol. The minimum Gasteiger partial charge on any atom is -0.465 e. The SMILES string of the molecule is COC(=O)/C(=C(\COC(=O)c1cccc(CO[Si](C)(C)C(C)(C)C)c1)c1ccc(S(C)(=O)=O)cc1)c1ccccc1. The summed E-state index contributed by atoms with van der Waals surface area (Å²) in [4.78, 5) is 26.3. The monoisotopic (exact) mass is 594 g/mol. The van der Waals surface area contributed by atoms with Gasteiger partial charge in [0.15, 0.2) is 18.2 Å². The lowest BCUT2D eigenvalue weighted by molar-refractivity contribution is -0.133. The standard InChI is InChI=1S/C32H38O7SSi/c1-32(2,3)41(6,7)39-21-23-12-11-15-26(20-23)30(33)38-22-28(24-16-18-27(19-17-24)40(5,35)36)29(31(34)37-4)25-13-9-8-10-14-25/h8-20H,21-22H2,1-7H3/b29-28+. The molecule has 0 fully saturated rings. The molecule has 0 aromatic heterocycles. The van der Waals surface area contributed by atoms with Gasteiger partial charge in [0.25, 0.3) is 0 Å². The number of rotatable bonds is 10. The molecule has 41 heavy (non-hydrogen) atoms. The number of sulfone groups is 1. The summed E-state index contributed by atoms with van der Waals surface area (Å²) in [5.74, 6) is -1.18. The van der Waals surface area contributed by atoms with Gasteiger partial charge in [0.05, 0.1) is 29.7 Å². The van der Waals surface area contributed by atoms with Crippen molar-refractivity contribution in [1.82, 2.24) is 0 Å². The van der Waals surface area contributed by atoms with Gasteiger partial charge in [-0.05, 0) is 59.1 Å². The Hall–Kier alpha value is -3.53. The molecule has 0 atom stereocenters. The zero-order chi connectivity index (χ0) is 30.4. The lowest BCUT2D eigenvalue weighted by atomic mass is 9.95. The van der Waals surface area contributed by atoms with E-state index in [0.717, 1.165) is 11.8 Å². The van der Waals surface area contributed by atoms with Gasteiger partial charge >= 0.3 is 11.9 Å². The summed E-state index contributed by atoms with van der Waals surface area (Å²) in [6, 6.07) is 22.1. The fourth-order valence-electron chi connectivity index (χ4n) is 3.81. The molecule has 0 radical (unpaired) electrons. The van der Waals surface area contributed by atoms with Gasteiger partial charge in [0.1, 0.15) is 6.61 Å². The summed E-state index contributed by atoms with van der Waals surface area (Å²) >= 11 is 0. The van der Waals surface area contributed by atoms with Gasteiger partial charge in [0, 0.05) is 11.8 Å². The van der Waals surface area contributed by atoms with E-state index in [4.69, 9.17) is 13.9 Å². The Bertz CT molecular complexity index is 1520. The first-order chi connectivity index (χ1) is 19.1. The maximum Gasteiger partial charge on any atom is 0.338 e. The van der Waals surface area contributed by atoms with Crippen LogP contribution in [-0.2, 0) is 35.1 Å². The number of carbonyl (C=O) groups is 2. The van der Waals surface area contributed by atoms with Gasteiger partial charge in [0.2, 0.25) is 0 Å². The Morgan fingerprint density at radius 3 is 2.00 bits per heavy atom. The van der Waals surface area contributed by atoms with Crippen molar-refractivity contribution < 1.29 is 31.9 Å². The number of methoxy groups -OCH3 is 1. The zero-order valence-electron chi connectivity index (χ0n) is 24.7. The molecule has 0 bridgehead atoms.